The van der Waals surface area contributed by atoms with E-state index in [1.54, 1.807) is 48.8 Å². The summed E-state index contributed by atoms with van der Waals surface area (Å²) in [5.41, 5.74) is 0.967. The Morgan fingerprint density at radius 1 is 1.00 bits per heavy atom. The lowest BCUT2D eigenvalue weighted by atomic mass is 10.1. The van der Waals surface area contributed by atoms with Gasteiger partial charge in [-0.25, -0.2) is 4.98 Å². The molecule has 4 rings (SSSR count). The van der Waals surface area contributed by atoms with E-state index in [1.807, 2.05) is 30.3 Å². The van der Waals surface area contributed by atoms with Gasteiger partial charge in [0.05, 0.1) is 5.56 Å². The fourth-order valence-electron chi connectivity index (χ4n) is 2.71. The molecule has 0 aliphatic heterocycles. The second-order valence-corrected chi connectivity index (χ2v) is 6.90. The highest BCUT2D eigenvalue weighted by Gasteiger charge is 2.14. The van der Waals surface area contributed by atoms with Gasteiger partial charge in [-0.3, -0.25) is 9.59 Å². The number of fused-ring (bicyclic) bond motifs is 1. The van der Waals surface area contributed by atoms with Crippen LogP contribution >= 0.6 is 11.8 Å². The van der Waals surface area contributed by atoms with Gasteiger partial charge in [0.2, 0.25) is 0 Å². The topological polar surface area (TPSA) is 74.8 Å². The first-order chi connectivity index (χ1) is 13.2. The fourth-order valence-corrected chi connectivity index (χ4v) is 3.61. The maximum Gasteiger partial charge on any atom is 0.258 e. The predicted octanol–water partition coefficient (Wildman–Crippen LogP) is 4.33. The molecule has 0 radical (unpaired) electrons. The summed E-state index contributed by atoms with van der Waals surface area (Å²) < 4.78 is 0. The number of hydrogen-bond acceptors (Lipinski definition) is 4. The Labute approximate surface area is 159 Å². The number of carbonyl (C=O) groups excluding carboxylic acids is 1. The Hall–Kier alpha value is -3.38. The van der Waals surface area contributed by atoms with Crippen molar-refractivity contribution in [2.45, 2.75) is 9.92 Å². The van der Waals surface area contributed by atoms with E-state index in [0.29, 0.717) is 21.7 Å². The lowest BCUT2D eigenvalue weighted by molar-refractivity contribution is 0.102. The van der Waals surface area contributed by atoms with Crippen LogP contribution in [-0.4, -0.2) is 15.9 Å². The molecule has 0 saturated carbocycles. The minimum absolute atomic E-state index is 0.154. The molecule has 2 aromatic carbocycles. The summed E-state index contributed by atoms with van der Waals surface area (Å²) in [4.78, 5) is 32.6. The molecule has 2 aromatic heterocycles. The minimum Gasteiger partial charge on any atom is -0.329 e. The molecule has 1 amide bonds. The van der Waals surface area contributed by atoms with Crippen LogP contribution in [0.25, 0.3) is 10.8 Å². The van der Waals surface area contributed by atoms with Crippen LogP contribution in [0.3, 0.4) is 0 Å². The number of nitrogens with one attached hydrogen (secondary N) is 2. The van der Waals surface area contributed by atoms with Crippen molar-refractivity contribution >= 4 is 34.1 Å². The molecule has 5 nitrogen and oxygen atoms in total. The second kappa shape index (κ2) is 7.47. The lowest BCUT2D eigenvalue weighted by Gasteiger charge is -2.09. The van der Waals surface area contributed by atoms with E-state index >= 15 is 0 Å². The first-order valence-corrected chi connectivity index (χ1v) is 9.13. The summed E-state index contributed by atoms with van der Waals surface area (Å²) in [6.07, 6.45) is 3.26. The van der Waals surface area contributed by atoms with E-state index in [4.69, 9.17) is 0 Å². The largest absolute Gasteiger partial charge is 0.329 e. The number of aromatic nitrogens is 2. The molecule has 0 saturated heterocycles. The molecular weight excluding hydrogens is 358 g/mol. The Morgan fingerprint density at radius 3 is 2.70 bits per heavy atom. The third kappa shape index (κ3) is 3.75. The Kier molecular flexibility index (Phi) is 4.72. The monoisotopic (exact) mass is 373 g/mol. The van der Waals surface area contributed by atoms with Gasteiger partial charge < -0.3 is 10.3 Å². The summed E-state index contributed by atoms with van der Waals surface area (Å²) in [7, 11) is 0. The smallest absolute Gasteiger partial charge is 0.258 e. The van der Waals surface area contributed by atoms with Crippen molar-refractivity contribution in [3.63, 3.8) is 0 Å². The molecule has 0 bridgehead atoms. The van der Waals surface area contributed by atoms with Crippen LogP contribution in [-0.2, 0) is 0 Å². The molecular formula is C21H15N3O2S. The van der Waals surface area contributed by atoms with Gasteiger partial charge in [0.15, 0.2) is 0 Å². The highest BCUT2D eigenvalue weighted by Crippen LogP contribution is 2.29. The number of benzene rings is 2. The van der Waals surface area contributed by atoms with Crippen molar-refractivity contribution in [1.82, 2.24) is 9.97 Å². The molecule has 0 aliphatic rings. The van der Waals surface area contributed by atoms with Crippen molar-refractivity contribution in [1.29, 1.82) is 0 Å². The Morgan fingerprint density at radius 2 is 1.85 bits per heavy atom. The van der Waals surface area contributed by atoms with Gasteiger partial charge in [-0.15, -0.1) is 0 Å². The van der Waals surface area contributed by atoms with E-state index in [-0.39, 0.29) is 11.5 Å². The summed E-state index contributed by atoms with van der Waals surface area (Å²) >= 11 is 1.44. The zero-order chi connectivity index (χ0) is 18.6. The zero-order valence-electron chi connectivity index (χ0n) is 14.2. The normalized spacial score (nSPS) is 10.7. The quantitative estimate of drug-likeness (QED) is 0.558. The van der Waals surface area contributed by atoms with Crippen LogP contribution in [0.5, 0.6) is 0 Å². The molecule has 6 heteroatoms. The summed E-state index contributed by atoms with van der Waals surface area (Å²) in [5.74, 6) is -0.245. The van der Waals surface area contributed by atoms with Crippen LogP contribution in [0.15, 0.2) is 93.8 Å². The van der Waals surface area contributed by atoms with Crippen molar-refractivity contribution in [3.8, 4) is 0 Å². The van der Waals surface area contributed by atoms with Crippen LogP contribution in [0.1, 0.15) is 10.4 Å². The van der Waals surface area contributed by atoms with E-state index in [2.05, 4.69) is 15.3 Å². The van der Waals surface area contributed by atoms with Gasteiger partial charge in [0.25, 0.3) is 11.5 Å². The number of amides is 1. The molecule has 0 atom stereocenters. The zero-order valence-corrected chi connectivity index (χ0v) is 15.0. The molecule has 2 N–H and O–H groups in total. The minimum atomic E-state index is -0.245. The van der Waals surface area contributed by atoms with E-state index in [1.165, 1.54) is 11.8 Å². The molecule has 0 aliphatic carbocycles. The first-order valence-electron chi connectivity index (χ1n) is 8.31. The van der Waals surface area contributed by atoms with Crippen LogP contribution in [0, 0.1) is 0 Å². The number of hydrogen-bond donors (Lipinski definition) is 2. The summed E-state index contributed by atoms with van der Waals surface area (Å²) in [6.45, 7) is 0. The maximum absolute atomic E-state index is 12.8. The molecule has 27 heavy (non-hydrogen) atoms. The third-order valence-corrected chi connectivity index (χ3v) is 5.03. The highest BCUT2D eigenvalue weighted by molar-refractivity contribution is 7.99. The van der Waals surface area contributed by atoms with Crippen LogP contribution < -0.4 is 10.9 Å². The average Bonchev–Trinajstić information content (AvgIpc) is 2.69. The van der Waals surface area contributed by atoms with Crippen molar-refractivity contribution in [3.05, 3.63) is 95.0 Å². The number of rotatable bonds is 4. The third-order valence-electron chi connectivity index (χ3n) is 4.00. The van der Waals surface area contributed by atoms with Crippen LogP contribution in [0.4, 0.5) is 5.69 Å². The number of carbonyl (C=O) groups is 1. The van der Waals surface area contributed by atoms with Gasteiger partial charge in [0, 0.05) is 28.4 Å². The number of aromatic amines is 1. The molecule has 0 fully saturated rings. The Bertz CT molecular complexity index is 1170. The van der Waals surface area contributed by atoms with Gasteiger partial charge in [-0.05, 0) is 53.9 Å². The van der Waals surface area contributed by atoms with Gasteiger partial charge in [0.1, 0.15) is 5.03 Å². The number of H-pyrrole nitrogens is 1. The number of anilines is 1. The van der Waals surface area contributed by atoms with Crippen LogP contribution in [0.2, 0.25) is 0 Å². The van der Waals surface area contributed by atoms with Crippen molar-refractivity contribution in [2.75, 3.05) is 5.32 Å². The Balaban J connectivity index is 1.61. The number of nitrogens with zero attached hydrogens (tertiary/aromatic N) is 1. The fraction of sp³-hybridized carbons (Fsp3) is 0. The molecule has 132 valence electrons. The van der Waals surface area contributed by atoms with E-state index < -0.39 is 0 Å². The van der Waals surface area contributed by atoms with E-state index in [0.717, 1.165) is 10.3 Å². The van der Waals surface area contributed by atoms with Gasteiger partial charge >= 0.3 is 0 Å². The average molecular weight is 373 g/mol. The van der Waals surface area contributed by atoms with Crippen molar-refractivity contribution < 1.29 is 4.79 Å². The maximum atomic E-state index is 12.8. The van der Waals surface area contributed by atoms with Crippen molar-refractivity contribution in [2.24, 2.45) is 0 Å². The molecule has 4 aromatic rings. The number of pyridine rings is 2. The summed E-state index contributed by atoms with van der Waals surface area (Å²) in [6, 6.07) is 20.3. The lowest BCUT2D eigenvalue weighted by Crippen LogP contribution is -2.14. The van der Waals surface area contributed by atoms with Gasteiger partial charge in [-0.2, -0.15) is 0 Å². The summed E-state index contributed by atoms with van der Waals surface area (Å²) in [5, 5.41) is 4.88. The first kappa shape index (κ1) is 17.1. The standard InChI is InChI=1S/C21H15N3O2S/c25-19-17-9-8-15(13-14(17)10-12-22-19)24-20(26)18-7-4-11-23-21(18)27-16-5-2-1-3-6-16/h1-13H,(H,22,25)(H,24,26). The SMILES string of the molecule is O=C(Nc1ccc2c(=O)[nH]ccc2c1)c1cccnc1Sc1ccccc1. The van der Waals surface area contributed by atoms with E-state index in [9.17, 15) is 9.59 Å². The molecule has 0 spiro atoms. The highest BCUT2D eigenvalue weighted by atomic mass is 32.2. The molecule has 0 unspecified atom stereocenters. The molecule has 2 heterocycles. The predicted molar refractivity (Wildman–Crippen MR) is 107 cm³/mol. The second-order valence-electron chi connectivity index (χ2n) is 5.83. The van der Waals surface area contributed by atoms with Gasteiger partial charge in [-0.1, -0.05) is 30.0 Å².